The Hall–Kier alpha value is -1.94. The first-order chi connectivity index (χ1) is 10.3. The van der Waals surface area contributed by atoms with Crippen molar-refractivity contribution in [1.82, 2.24) is 0 Å². The van der Waals surface area contributed by atoms with Gasteiger partial charge in [0.05, 0.1) is 19.9 Å². The van der Waals surface area contributed by atoms with Crippen LogP contribution < -0.4 is 5.32 Å². The number of para-hydroxylation sites is 1. The standard InChI is InChI=1S/C17H20N2OS/c1-3-4-8-14(13-20-2)11-16-12-18-17(21-16)19-15-9-6-5-7-10-15/h3-10,13,16H,1,11-12H2,2H3,(H,18,19). The largest absolute Gasteiger partial charge is 0.504 e. The molecule has 1 unspecified atom stereocenters. The van der Waals surface area contributed by atoms with E-state index in [-0.39, 0.29) is 0 Å². The van der Waals surface area contributed by atoms with Gasteiger partial charge in [0.1, 0.15) is 0 Å². The lowest BCUT2D eigenvalue weighted by atomic mass is 10.1. The number of ether oxygens (including phenoxy) is 1. The van der Waals surface area contributed by atoms with Gasteiger partial charge in [0.15, 0.2) is 5.17 Å². The molecule has 110 valence electrons. The average Bonchev–Trinajstić information content (AvgIpc) is 2.93. The second-order valence-corrected chi connectivity index (χ2v) is 5.89. The Labute approximate surface area is 130 Å². The summed E-state index contributed by atoms with van der Waals surface area (Å²) in [6.45, 7) is 4.51. The molecule has 3 nitrogen and oxygen atoms in total. The topological polar surface area (TPSA) is 33.6 Å². The molecular weight excluding hydrogens is 280 g/mol. The smallest absolute Gasteiger partial charge is 0.161 e. The zero-order chi connectivity index (χ0) is 14.9. The van der Waals surface area contributed by atoms with Crippen LogP contribution in [-0.4, -0.2) is 24.1 Å². The summed E-state index contributed by atoms with van der Waals surface area (Å²) in [4.78, 5) is 4.56. The maximum Gasteiger partial charge on any atom is 0.161 e. The van der Waals surface area contributed by atoms with Crippen molar-refractivity contribution in [2.24, 2.45) is 4.99 Å². The summed E-state index contributed by atoms with van der Waals surface area (Å²) >= 11 is 1.78. The first-order valence-electron chi connectivity index (χ1n) is 6.86. The number of hydrogen-bond donors (Lipinski definition) is 1. The molecule has 1 aliphatic heterocycles. The fourth-order valence-electron chi connectivity index (χ4n) is 2.00. The molecule has 0 saturated heterocycles. The first kappa shape index (κ1) is 15.4. The van der Waals surface area contributed by atoms with Crippen LogP contribution in [0.15, 0.2) is 72.0 Å². The quantitative estimate of drug-likeness (QED) is 0.630. The molecule has 1 aromatic rings. The number of hydrogen-bond acceptors (Lipinski definition) is 4. The fourth-order valence-corrected chi connectivity index (χ4v) is 3.07. The van der Waals surface area contributed by atoms with E-state index >= 15 is 0 Å². The Balaban J connectivity index is 1.87. The van der Waals surface area contributed by atoms with Gasteiger partial charge in [0.25, 0.3) is 0 Å². The van der Waals surface area contributed by atoms with Crippen LogP contribution in [0.25, 0.3) is 0 Å². The maximum atomic E-state index is 5.12. The summed E-state index contributed by atoms with van der Waals surface area (Å²) in [5, 5.41) is 4.77. The molecule has 1 atom stereocenters. The molecule has 0 aromatic heterocycles. The molecule has 21 heavy (non-hydrogen) atoms. The summed E-state index contributed by atoms with van der Waals surface area (Å²) < 4.78 is 5.12. The molecular formula is C17H20N2OS. The predicted octanol–water partition coefficient (Wildman–Crippen LogP) is 4.23. The number of allylic oxidation sites excluding steroid dienone is 4. The molecule has 0 bridgehead atoms. The number of amidine groups is 1. The summed E-state index contributed by atoms with van der Waals surface area (Å²) in [6.07, 6.45) is 8.42. The minimum absolute atomic E-state index is 0.437. The van der Waals surface area contributed by atoms with Crippen molar-refractivity contribution in [2.75, 3.05) is 19.0 Å². The van der Waals surface area contributed by atoms with Crippen LogP contribution >= 0.6 is 11.8 Å². The van der Waals surface area contributed by atoms with Gasteiger partial charge in [-0.05, 0) is 24.1 Å². The Kier molecular flexibility index (Phi) is 6.16. The van der Waals surface area contributed by atoms with Gasteiger partial charge in [-0.25, -0.2) is 0 Å². The minimum Gasteiger partial charge on any atom is -0.504 e. The second kappa shape index (κ2) is 8.37. The van der Waals surface area contributed by atoms with E-state index in [4.69, 9.17) is 4.74 Å². The Morgan fingerprint density at radius 1 is 1.48 bits per heavy atom. The van der Waals surface area contributed by atoms with Gasteiger partial charge < -0.3 is 10.1 Å². The first-order valence-corrected chi connectivity index (χ1v) is 7.74. The molecule has 0 spiro atoms. The van der Waals surface area contributed by atoms with Gasteiger partial charge in [-0.2, -0.15) is 0 Å². The highest BCUT2D eigenvalue weighted by Gasteiger charge is 2.20. The number of methoxy groups -OCH3 is 1. The van der Waals surface area contributed by atoms with Crippen LogP contribution in [0.3, 0.4) is 0 Å². The fraction of sp³-hybridized carbons (Fsp3) is 0.235. The molecule has 0 amide bonds. The highest BCUT2D eigenvalue weighted by Crippen LogP contribution is 2.27. The van der Waals surface area contributed by atoms with Gasteiger partial charge in [-0.1, -0.05) is 54.8 Å². The number of nitrogens with zero attached hydrogens (tertiary/aromatic N) is 1. The molecule has 2 rings (SSSR count). The molecule has 0 fully saturated rings. The van der Waals surface area contributed by atoms with Gasteiger partial charge in [0.2, 0.25) is 0 Å². The van der Waals surface area contributed by atoms with E-state index in [1.165, 1.54) is 0 Å². The lowest BCUT2D eigenvalue weighted by Gasteiger charge is -2.10. The monoisotopic (exact) mass is 300 g/mol. The maximum absolute atomic E-state index is 5.12. The van der Waals surface area contributed by atoms with Crippen LogP contribution in [0.1, 0.15) is 6.42 Å². The number of thioether (sulfide) groups is 1. The van der Waals surface area contributed by atoms with Crippen LogP contribution in [0.2, 0.25) is 0 Å². The third kappa shape index (κ3) is 5.16. The molecule has 0 aliphatic carbocycles. The van der Waals surface area contributed by atoms with Crippen molar-refractivity contribution in [1.29, 1.82) is 0 Å². The van der Waals surface area contributed by atoms with Crippen molar-refractivity contribution in [3.63, 3.8) is 0 Å². The van der Waals surface area contributed by atoms with E-state index in [1.54, 1.807) is 31.2 Å². The lowest BCUT2D eigenvalue weighted by Crippen LogP contribution is -2.08. The zero-order valence-electron chi connectivity index (χ0n) is 12.2. The van der Waals surface area contributed by atoms with Gasteiger partial charge in [-0.3, -0.25) is 4.99 Å². The van der Waals surface area contributed by atoms with Crippen molar-refractivity contribution < 1.29 is 4.74 Å². The molecule has 1 heterocycles. The van der Waals surface area contributed by atoms with E-state index in [0.717, 1.165) is 29.4 Å². The van der Waals surface area contributed by atoms with E-state index in [9.17, 15) is 0 Å². The SMILES string of the molecule is C=CC=CC(=COC)CC1CN=C(Nc2ccccc2)S1. The Bertz CT molecular complexity index is 549. The highest BCUT2D eigenvalue weighted by atomic mass is 32.2. The molecule has 1 aliphatic rings. The van der Waals surface area contributed by atoms with Crippen LogP contribution in [0.5, 0.6) is 0 Å². The van der Waals surface area contributed by atoms with Crippen molar-refractivity contribution in [3.05, 3.63) is 67.0 Å². The third-order valence-electron chi connectivity index (χ3n) is 2.92. The molecule has 4 heteroatoms. The number of aliphatic imine (C=N–C) groups is 1. The number of anilines is 1. The summed E-state index contributed by atoms with van der Waals surface area (Å²) in [6, 6.07) is 10.1. The second-order valence-electron chi connectivity index (χ2n) is 4.60. The number of benzene rings is 1. The van der Waals surface area contributed by atoms with Crippen LogP contribution in [0, 0.1) is 0 Å². The van der Waals surface area contributed by atoms with Crippen molar-refractivity contribution in [3.8, 4) is 0 Å². The molecule has 1 N–H and O–H groups in total. The molecule has 0 radical (unpaired) electrons. The van der Waals surface area contributed by atoms with Crippen LogP contribution in [-0.2, 0) is 4.74 Å². The van der Waals surface area contributed by atoms with E-state index in [1.807, 2.05) is 42.5 Å². The van der Waals surface area contributed by atoms with Crippen LogP contribution in [0.4, 0.5) is 5.69 Å². The number of nitrogens with one attached hydrogen (secondary N) is 1. The molecule has 1 aromatic carbocycles. The molecule has 0 saturated carbocycles. The van der Waals surface area contributed by atoms with Crippen molar-refractivity contribution in [2.45, 2.75) is 11.7 Å². The van der Waals surface area contributed by atoms with Crippen molar-refractivity contribution >= 4 is 22.6 Å². The number of rotatable bonds is 6. The summed E-state index contributed by atoms with van der Waals surface area (Å²) in [7, 11) is 1.67. The predicted molar refractivity (Wildman–Crippen MR) is 92.8 cm³/mol. The van der Waals surface area contributed by atoms with Gasteiger partial charge in [0, 0.05) is 10.9 Å². The van der Waals surface area contributed by atoms with E-state index in [0.29, 0.717) is 5.25 Å². The Morgan fingerprint density at radius 2 is 2.29 bits per heavy atom. The van der Waals surface area contributed by atoms with Gasteiger partial charge in [-0.15, -0.1) is 0 Å². The highest BCUT2D eigenvalue weighted by molar-refractivity contribution is 8.15. The van der Waals surface area contributed by atoms with E-state index in [2.05, 4.69) is 16.9 Å². The zero-order valence-corrected chi connectivity index (χ0v) is 13.0. The Morgan fingerprint density at radius 3 is 3.00 bits per heavy atom. The third-order valence-corrected chi connectivity index (χ3v) is 4.02. The summed E-state index contributed by atoms with van der Waals surface area (Å²) in [5.74, 6) is 0. The summed E-state index contributed by atoms with van der Waals surface area (Å²) in [5.41, 5.74) is 2.22. The lowest BCUT2D eigenvalue weighted by molar-refractivity contribution is 0.334. The minimum atomic E-state index is 0.437. The normalized spacial score (nSPS) is 18.6. The van der Waals surface area contributed by atoms with Gasteiger partial charge >= 0.3 is 0 Å². The van der Waals surface area contributed by atoms with E-state index < -0.39 is 0 Å². The average molecular weight is 300 g/mol.